The molecule has 2 rings (SSSR count). The number of thioether (sulfide) groups is 1. The van der Waals surface area contributed by atoms with Crippen molar-refractivity contribution in [1.29, 1.82) is 0 Å². The number of nitrogens with two attached hydrogens (primary N) is 1. The molecular formula is C13H17ClN2S2. The van der Waals surface area contributed by atoms with Crippen LogP contribution in [-0.2, 0) is 0 Å². The van der Waals surface area contributed by atoms with Crippen molar-refractivity contribution in [3.63, 3.8) is 0 Å². The van der Waals surface area contributed by atoms with Gasteiger partial charge in [-0.3, -0.25) is 0 Å². The second kappa shape index (κ2) is 6.64. The van der Waals surface area contributed by atoms with Crippen LogP contribution in [0, 0.1) is 0 Å². The topological polar surface area (TPSA) is 38.0 Å². The molecule has 18 heavy (non-hydrogen) atoms. The van der Waals surface area contributed by atoms with E-state index in [2.05, 4.69) is 5.32 Å². The summed E-state index contributed by atoms with van der Waals surface area (Å²) in [7, 11) is 0. The number of benzene rings is 1. The lowest BCUT2D eigenvalue weighted by Gasteiger charge is -2.22. The molecule has 1 aliphatic heterocycles. The summed E-state index contributed by atoms with van der Waals surface area (Å²) in [6.45, 7) is 0.945. The molecule has 0 aliphatic carbocycles. The fraction of sp³-hybridized carbons (Fsp3) is 0.462. The van der Waals surface area contributed by atoms with Crippen LogP contribution in [0.15, 0.2) is 18.2 Å². The fourth-order valence-corrected chi connectivity index (χ4v) is 3.90. The first-order valence-electron chi connectivity index (χ1n) is 6.12. The standard InChI is InChI=1S/C13H17ClN2S2/c14-10-5-3-6-11(12(10)13(15)17)16-8-9-4-1-2-7-18-9/h3,5-6,9,16H,1-2,4,7-8H2,(H2,15,17). The molecule has 2 nitrogen and oxygen atoms in total. The molecule has 1 saturated heterocycles. The summed E-state index contributed by atoms with van der Waals surface area (Å²) in [6, 6.07) is 5.71. The summed E-state index contributed by atoms with van der Waals surface area (Å²) >= 11 is 13.2. The zero-order valence-electron chi connectivity index (χ0n) is 10.1. The molecule has 5 heteroatoms. The molecule has 0 amide bonds. The molecule has 0 saturated carbocycles. The van der Waals surface area contributed by atoms with Gasteiger partial charge in [-0.15, -0.1) is 0 Å². The predicted molar refractivity (Wildman–Crippen MR) is 85.9 cm³/mol. The monoisotopic (exact) mass is 300 g/mol. The summed E-state index contributed by atoms with van der Waals surface area (Å²) in [6.07, 6.45) is 3.95. The zero-order chi connectivity index (χ0) is 13.0. The van der Waals surface area contributed by atoms with Crippen LogP contribution in [0.3, 0.4) is 0 Å². The Morgan fingerprint density at radius 3 is 3.00 bits per heavy atom. The Kier molecular flexibility index (Phi) is 5.15. The Morgan fingerprint density at radius 1 is 1.50 bits per heavy atom. The smallest absolute Gasteiger partial charge is 0.107 e. The van der Waals surface area contributed by atoms with Crippen LogP contribution in [0.2, 0.25) is 5.02 Å². The molecule has 1 atom stereocenters. The third-order valence-corrected chi connectivity index (χ3v) is 4.97. The lowest BCUT2D eigenvalue weighted by atomic mass is 10.1. The Hall–Kier alpha value is -0.450. The minimum atomic E-state index is 0.347. The Bertz CT molecular complexity index is 431. The van der Waals surface area contributed by atoms with Crippen LogP contribution in [0.1, 0.15) is 24.8 Å². The zero-order valence-corrected chi connectivity index (χ0v) is 12.5. The highest BCUT2D eigenvalue weighted by Gasteiger charge is 2.15. The minimum absolute atomic E-state index is 0.347. The molecule has 1 heterocycles. The van der Waals surface area contributed by atoms with Gasteiger partial charge in [0.05, 0.1) is 10.6 Å². The van der Waals surface area contributed by atoms with E-state index in [1.807, 2.05) is 30.0 Å². The molecule has 1 fully saturated rings. The molecule has 0 bridgehead atoms. The van der Waals surface area contributed by atoms with Gasteiger partial charge in [-0.1, -0.05) is 36.3 Å². The van der Waals surface area contributed by atoms with Crippen molar-refractivity contribution in [1.82, 2.24) is 0 Å². The van der Waals surface area contributed by atoms with Crippen molar-refractivity contribution in [2.75, 3.05) is 17.6 Å². The van der Waals surface area contributed by atoms with E-state index in [0.717, 1.165) is 17.8 Å². The van der Waals surface area contributed by atoms with Gasteiger partial charge in [0.2, 0.25) is 0 Å². The van der Waals surface area contributed by atoms with Gasteiger partial charge in [-0.05, 0) is 30.7 Å². The summed E-state index contributed by atoms with van der Waals surface area (Å²) in [4.78, 5) is 0.347. The van der Waals surface area contributed by atoms with Gasteiger partial charge >= 0.3 is 0 Å². The molecule has 1 aromatic rings. The van der Waals surface area contributed by atoms with Gasteiger partial charge in [0.1, 0.15) is 4.99 Å². The van der Waals surface area contributed by atoms with E-state index in [0.29, 0.717) is 15.3 Å². The quantitative estimate of drug-likeness (QED) is 0.832. The van der Waals surface area contributed by atoms with Gasteiger partial charge < -0.3 is 11.1 Å². The number of nitrogens with one attached hydrogen (secondary N) is 1. The number of hydrogen-bond acceptors (Lipinski definition) is 3. The molecule has 98 valence electrons. The fourth-order valence-electron chi connectivity index (χ4n) is 2.11. The number of halogens is 1. The summed E-state index contributed by atoms with van der Waals surface area (Å²) in [5.41, 5.74) is 7.43. The van der Waals surface area contributed by atoms with Gasteiger partial charge in [-0.25, -0.2) is 0 Å². The van der Waals surface area contributed by atoms with Crippen molar-refractivity contribution in [3.8, 4) is 0 Å². The second-order valence-electron chi connectivity index (χ2n) is 4.40. The van der Waals surface area contributed by atoms with Crippen LogP contribution >= 0.6 is 35.6 Å². The average molecular weight is 301 g/mol. The van der Waals surface area contributed by atoms with Gasteiger partial charge in [0, 0.05) is 17.5 Å². The number of thiocarbonyl (C=S) groups is 1. The predicted octanol–water partition coefficient (Wildman–Crippen LogP) is 3.67. The van der Waals surface area contributed by atoms with Crippen molar-refractivity contribution in [2.24, 2.45) is 5.73 Å². The molecule has 1 unspecified atom stereocenters. The van der Waals surface area contributed by atoms with Crippen LogP contribution in [0.4, 0.5) is 5.69 Å². The number of rotatable bonds is 4. The molecule has 1 aromatic carbocycles. The lowest BCUT2D eigenvalue weighted by Crippen LogP contribution is -2.22. The summed E-state index contributed by atoms with van der Waals surface area (Å²) in [5, 5.41) is 4.72. The first kappa shape index (κ1) is 14.0. The van der Waals surface area contributed by atoms with Crippen LogP contribution in [-0.4, -0.2) is 22.5 Å². The van der Waals surface area contributed by atoms with Crippen molar-refractivity contribution >= 4 is 46.3 Å². The second-order valence-corrected chi connectivity index (χ2v) is 6.65. The third-order valence-electron chi connectivity index (χ3n) is 3.05. The average Bonchev–Trinajstić information content (AvgIpc) is 2.37. The largest absolute Gasteiger partial charge is 0.389 e. The highest BCUT2D eigenvalue weighted by Crippen LogP contribution is 2.28. The highest BCUT2D eigenvalue weighted by molar-refractivity contribution is 7.99. The minimum Gasteiger partial charge on any atom is -0.389 e. The van der Waals surface area contributed by atoms with Crippen molar-refractivity contribution < 1.29 is 0 Å². The van der Waals surface area contributed by atoms with Gasteiger partial charge in [0.15, 0.2) is 0 Å². The summed E-state index contributed by atoms with van der Waals surface area (Å²) < 4.78 is 0. The lowest BCUT2D eigenvalue weighted by molar-refractivity contribution is 0.677. The first-order chi connectivity index (χ1) is 8.68. The number of anilines is 1. The molecule has 3 N–H and O–H groups in total. The van der Waals surface area contributed by atoms with Crippen molar-refractivity contribution in [2.45, 2.75) is 24.5 Å². The van der Waals surface area contributed by atoms with Gasteiger partial charge in [0.25, 0.3) is 0 Å². The highest BCUT2D eigenvalue weighted by atomic mass is 35.5. The molecule has 1 aliphatic rings. The van der Waals surface area contributed by atoms with Gasteiger partial charge in [-0.2, -0.15) is 11.8 Å². The SMILES string of the molecule is NC(=S)c1c(Cl)cccc1NCC1CCCCS1. The van der Waals surface area contributed by atoms with E-state index in [4.69, 9.17) is 29.6 Å². The van der Waals surface area contributed by atoms with E-state index in [1.54, 1.807) is 0 Å². The number of hydrogen-bond donors (Lipinski definition) is 2. The van der Waals surface area contributed by atoms with Crippen LogP contribution in [0.25, 0.3) is 0 Å². The third kappa shape index (κ3) is 3.53. The maximum Gasteiger partial charge on any atom is 0.107 e. The van der Waals surface area contributed by atoms with E-state index < -0.39 is 0 Å². The van der Waals surface area contributed by atoms with Crippen LogP contribution in [0.5, 0.6) is 0 Å². The van der Waals surface area contributed by atoms with E-state index in [1.165, 1.54) is 25.0 Å². The van der Waals surface area contributed by atoms with Crippen LogP contribution < -0.4 is 11.1 Å². The molecule has 0 radical (unpaired) electrons. The van der Waals surface area contributed by atoms with Crippen molar-refractivity contribution in [3.05, 3.63) is 28.8 Å². The molecular weight excluding hydrogens is 284 g/mol. The Labute approximate surface area is 123 Å². The van der Waals surface area contributed by atoms with E-state index in [9.17, 15) is 0 Å². The first-order valence-corrected chi connectivity index (χ1v) is 7.96. The van der Waals surface area contributed by atoms with E-state index in [-0.39, 0.29) is 0 Å². The normalized spacial score (nSPS) is 19.5. The Morgan fingerprint density at radius 2 is 2.33 bits per heavy atom. The Balaban J connectivity index is 2.04. The summed E-state index contributed by atoms with van der Waals surface area (Å²) in [5.74, 6) is 1.27. The van der Waals surface area contributed by atoms with E-state index >= 15 is 0 Å². The molecule has 0 spiro atoms. The maximum absolute atomic E-state index is 6.13. The maximum atomic E-state index is 6.13. The molecule has 0 aromatic heterocycles.